The average molecular weight is 353 g/mol. The Hall–Kier alpha value is -3.14. The predicted octanol–water partition coefficient (Wildman–Crippen LogP) is 2.37. The van der Waals surface area contributed by atoms with E-state index in [1.165, 1.54) is 0 Å². The van der Waals surface area contributed by atoms with Crippen LogP contribution in [0.2, 0.25) is 0 Å². The molecule has 0 fully saturated rings. The van der Waals surface area contributed by atoms with E-state index < -0.39 is 6.10 Å². The molecule has 7 nitrogen and oxygen atoms in total. The molecule has 0 spiro atoms. The lowest BCUT2D eigenvalue weighted by atomic mass is 10.1. The van der Waals surface area contributed by atoms with Gasteiger partial charge in [-0.1, -0.05) is 26.0 Å². The van der Waals surface area contributed by atoms with Crippen LogP contribution < -0.4 is 15.4 Å². The standard InChI is InChI=1S/C19H23N5O2/c1-14(2)17(26-16-8-4-3-7-15(16)13-20)18(25)21-9-5-10-22-19-23-11-6-12-24-19/h3-4,6-8,11-12,14,17H,5,9-10H2,1-2H3,(H,21,25)(H,22,23,24). The Kier molecular flexibility index (Phi) is 7.37. The molecule has 1 heterocycles. The number of nitrogens with zero attached hydrogens (tertiary/aromatic N) is 3. The molecule has 0 aliphatic rings. The van der Waals surface area contributed by atoms with Crippen molar-refractivity contribution in [3.05, 3.63) is 48.3 Å². The average Bonchev–Trinajstić information content (AvgIpc) is 2.66. The van der Waals surface area contributed by atoms with Crippen molar-refractivity contribution in [2.75, 3.05) is 18.4 Å². The molecule has 0 bridgehead atoms. The molecule has 7 heteroatoms. The Morgan fingerprint density at radius 3 is 2.62 bits per heavy atom. The van der Waals surface area contributed by atoms with E-state index in [4.69, 9.17) is 10.00 Å². The minimum Gasteiger partial charge on any atom is -0.479 e. The minimum absolute atomic E-state index is 0.0300. The first kappa shape index (κ1) is 19.2. The van der Waals surface area contributed by atoms with Crippen molar-refractivity contribution in [1.29, 1.82) is 5.26 Å². The number of nitriles is 1. The van der Waals surface area contributed by atoms with Crippen molar-refractivity contribution < 1.29 is 9.53 Å². The second-order valence-electron chi connectivity index (χ2n) is 6.03. The fraction of sp³-hybridized carbons (Fsp3) is 0.368. The van der Waals surface area contributed by atoms with Gasteiger partial charge in [0.25, 0.3) is 5.91 Å². The number of nitrogens with one attached hydrogen (secondary N) is 2. The summed E-state index contributed by atoms with van der Waals surface area (Å²) >= 11 is 0. The van der Waals surface area contributed by atoms with Crippen LogP contribution in [0.25, 0.3) is 0 Å². The van der Waals surface area contributed by atoms with Gasteiger partial charge in [-0.05, 0) is 30.5 Å². The zero-order valence-electron chi connectivity index (χ0n) is 15.0. The van der Waals surface area contributed by atoms with Crippen molar-refractivity contribution in [2.45, 2.75) is 26.4 Å². The molecule has 1 amide bonds. The highest BCUT2D eigenvalue weighted by atomic mass is 16.5. The SMILES string of the molecule is CC(C)C(Oc1ccccc1C#N)C(=O)NCCCNc1ncccn1. The Bertz CT molecular complexity index is 743. The molecule has 2 rings (SSSR count). The second kappa shape index (κ2) is 9.99. The van der Waals surface area contributed by atoms with Gasteiger partial charge in [-0.25, -0.2) is 9.97 Å². The zero-order valence-corrected chi connectivity index (χ0v) is 15.0. The molecule has 1 aromatic carbocycles. The maximum absolute atomic E-state index is 12.5. The van der Waals surface area contributed by atoms with E-state index in [-0.39, 0.29) is 11.8 Å². The van der Waals surface area contributed by atoms with Crippen molar-refractivity contribution >= 4 is 11.9 Å². The summed E-state index contributed by atoms with van der Waals surface area (Å²) in [4.78, 5) is 20.6. The quantitative estimate of drug-likeness (QED) is 0.671. The number of carbonyl (C=O) groups is 1. The maximum Gasteiger partial charge on any atom is 0.261 e. The van der Waals surface area contributed by atoms with Gasteiger partial charge in [0, 0.05) is 25.5 Å². The molecule has 0 radical (unpaired) electrons. The highest BCUT2D eigenvalue weighted by Gasteiger charge is 2.24. The second-order valence-corrected chi connectivity index (χ2v) is 6.03. The monoisotopic (exact) mass is 353 g/mol. The van der Waals surface area contributed by atoms with Gasteiger partial charge in [0.05, 0.1) is 5.56 Å². The molecule has 26 heavy (non-hydrogen) atoms. The summed E-state index contributed by atoms with van der Waals surface area (Å²) in [5, 5.41) is 15.1. The topological polar surface area (TPSA) is 99.9 Å². The summed E-state index contributed by atoms with van der Waals surface area (Å²) in [5.74, 6) is 0.767. The summed E-state index contributed by atoms with van der Waals surface area (Å²) in [6.45, 7) is 4.97. The van der Waals surface area contributed by atoms with E-state index in [2.05, 4.69) is 26.7 Å². The highest BCUT2D eigenvalue weighted by Crippen LogP contribution is 2.20. The van der Waals surface area contributed by atoms with E-state index in [1.807, 2.05) is 13.8 Å². The van der Waals surface area contributed by atoms with Gasteiger partial charge in [-0.2, -0.15) is 5.26 Å². The number of benzene rings is 1. The number of hydrogen-bond donors (Lipinski definition) is 2. The molecule has 0 aliphatic carbocycles. The fourth-order valence-corrected chi connectivity index (χ4v) is 2.28. The zero-order chi connectivity index (χ0) is 18.8. The van der Waals surface area contributed by atoms with Gasteiger partial charge < -0.3 is 15.4 Å². The van der Waals surface area contributed by atoms with Crippen molar-refractivity contribution in [2.24, 2.45) is 5.92 Å². The van der Waals surface area contributed by atoms with Crippen molar-refractivity contribution in [3.8, 4) is 11.8 Å². The lowest BCUT2D eigenvalue weighted by molar-refractivity contribution is -0.129. The van der Waals surface area contributed by atoms with E-state index in [1.54, 1.807) is 42.7 Å². The van der Waals surface area contributed by atoms with E-state index in [9.17, 15) is 4.79 Å². The van der Waals surface area contributed by atoms with Crippen molar-refractivity contribution in [1.82, 2.24) is 15.3 Å². The number of hydrogen-bond acceptors (Lipinski definition) is 6. The minimum atomic E-state index is -0.657. The van der Waals surface area contributed by atoms with Crippen molar-refractivity contribution in [3.63, 3.8) is 0 Å². The maximum atomic E-state index is 12.5. The van der Waals surface area contributed by atoms with Gasteiger partial charge in [0.1, 0.15) is 11.8 Å². The molecule has 0 aliphatic heterocycles. The molecule has 1 unspecified atom stereocenters. The molecule has 2 aromatic rings. The highest BCUT2D eigenvalue weighted by molar-refractivity contribution is 5.81. The van der Waals surface area contributed by atoms with Gasteiger partial charge in [0.2, 0.25) is 5.95 Å². The third-order valence-corrected chi connectivity index (χ3v) is 3.63. The first-order valence-electron chi connectivity index (χ1n) is 8.56. The molecular weight excluding hydrogens is 330 g/mol. The van der Waals surface area contributed by atoms with Crippen LogP contribution in [-0.2, 0) is 4.79 Å². The molecule has 136 valence electrons. The molecule has 1 atom stereocenters. The number of amides is 1. The van der Waals surface area contributed by atoms with Crippen LogP contribution in [-0.4, -0.2) is 35.1 Å². The summed E-state index contributed by atoms with van der Waals surface area (Å²) in [6, 6.07) is 10.7. The van der Waals surface area contributed by atoms with Crippen LogP contribution in [0.4, 0.5) is 5.95 Å². The Morgan fingerprint density at radius 1 is 1.19 bits per heavy atom. The molecule has 2 N–H and O–H groups in total. The molecule has 1 aromatic heterocycles. The number of anilines is 1. The third-order valence-electron chi connectivity index (χ3n) is 3.63. The fourth-order valence-electron chi connectivity index (χ4n) is 2.28. The normalized spacial score (nSPS) is 11.5. The lowest BCUT2D eigenvalue weighted by Gasteiger charge is -2.22. The largest absolute Gasteiger partial charge is 0.479 e. The van der Waals surface area contributed by atoms with Gasteiger partial charge in [-0.15, -0.1) is 0 Å². The van der Waals surface area contributed by atoms with E-state index in [0.717, 1.165) is 6.42 Å². The lowest BCUT2D eigenvalue weighted by Crippen LogP contribution is -2.42. The summed E-state index contributed by atoms with van der Waals surface area (Å²) < 4.78 is 5.82. The first-order chi connectivity index (χ1) is 12.6. The number of rotatable bonds is 9. The molecular formula is C19H23N5O2. The number of aromatic nitrogens is 2. The van der Waals surface area contributed by atoms with Crippen LogP contribution in [0.5, 0.6) is 5.75 Å². The van der Waals surface area contributed by atoms with Gasteiger partial charge >= 0.3 is 0 Å². The summed E-state index contributed by atoms with van der Waals surface area (Å²) in [6.07, 6.45) is 3.40. The van der Waals surface area contributed by atoms with E-state index in [0.29, 0.717) is 30.4 Å². The van der Waals surface area contributed by atoms with E-state index >= 15 is 0 Å². The van der Waals surface area contributed by atoms with Crippen LogP contribution in [0.3, 0.4) is 0 Å². The number of para-hydroxylation sites is 1. The van der Waals surface area contributed by atoms with Crippen LogP contribution in [0.1, 0.15) is 25.8 Å². The first-order valence-corrected chi connectivity index (χ1v) is 8.56. The number of carbonyl (C=O) groups excluding carboxylic acids is 1. The Labute approximate surface area is 153 Å². The summed E-state index contributed by atoms with van der Waals surface area (Å²) in [7, 11) is 0. The predicted molar refractivity (Wildman–Crippen MR) is 98.6 cm³/mol. The molecule has 0 saturated heterocycles. The summed E-state index contributed by atoms with van der Waals surface area (Å²) in [5.41, 5.74) is 0.415. The Balaban J connectivity index is 1.82. The number of ether oxygens (including phenoxy) is 1. The third kappa shape index (κ3) is 5.74. The van der Waals surface area contributed by atoms with Crippen LogP contribution >= 0.6 is 0 Å². The van der Waals surface area contributed by atoms with Crippen LogP contribution in [0, 0.1) is 17.2 Å². The molecule has 0 saturated carbocycles. The smallest absolute Gasteiger partial charge is 0.261 e. The van der Waals surface area contributed by atoms with Gasteiger partial charge in [-0.3, -0.25) is 4.79 Å². The van der Waals surface area contributed by atoms with Crippen LogP contribution in [0.15, 0.2) is 42.7 Å². The Morgan fingerprint density at radius 2 is 1.92 bits per heavy atom. The van der Waals surface area contributed by atoms with Gasteiger partial charge in [0.15, 0.2) is 6.10 Å².